The van der Waals surface area contributed by atoms with Gasteiger partial charge in [-0.1, -0.05) is 32.9 Å². The van der Waals surface area contributed by atoms with Crippen LogP contribution in [0.5, 0.6) is 5.75 Å². The van der Waals surface area contributed by atoms with E-state index >= 15 is 0 Å². The van der Waals surface area contributed by atoms with Crippen LogP contribution < -0.4 is 5.73 Å². The number of carbonyl (C=O) groups excluding carboxylic acids is 5. The molecule has 5 N–H and O–H groups in total. The molecule has 0 saturated heterocycles. The Morgan fingerprint density at radius 2 is 1.78 bits per heavy atom. The van der Waals surface area contributed by atoms with Crippen molar-refractivity contribution in [3.05, 3.63) is 38.9 Å². The molecule has 4 rings (SSSR count). The first-order valence-electron chi connectivity index (χ1n) is 13.4. The number of aromatic hydroxyl groups is 1. The Morgan fingerprint density at radius 1 is 1.17 bits per heavy atom. The van der Waals surface area contributed by atoms with Crippen LogP contribution in [-0.4, -0.2) is 92.6 Å². The van der Waals surface area contributed by atoms with Gasteiger partial charge in [-0.05, 0) is 37.4 Å². The molecular weight excluding hydrogens is 538 g/mol. The van der Waals surface area contributed by atoms with Gasteiger partial charge >= 0.3 is 0 Å². The third kappa shape index (κ3) is 4.29. The molecule has 2 saturated carbocycles. The molecular formula is C28H35N3O10. The van der Waals surface area contributed by atoms with Crippen molar-refractivity contribution >= 4 is 29.0 Å². The van der Waals surface area contributed by atoms with E-state index in [1.807, 2.05) is 0 Å². The zero-order valence-electron chi connectivity index (χ0n) is 23.5. The molecule has 3 aliphatic rings. The molecule has 1 amide bonds. The molecule has 0 aromatic heterocycles. The number of nitrogens with zero attached hydrogens (tertiary/aromatic N) is 2. The van der Waals surface area contributed by atoms with Gasteiger partial charge in [-0.2, -0.15) is 0 Å². The minimum absolute atomic E-state index is 0.198. The van der Waals surface area contributed by atoms with Crippen LogP contribution in [0.2, 0.25) is 0 Å². The second-order valence-corrected chi connectivity index (χ2v) is 12.3. The van der Waals surface area contributed by atoms with E-state index in [1.54, 1.807) is 32.9 Å². The Balaban J connectivity index is 1.86. The Labute approximate surface area is 235 Å². The van der Waals surface area contributed by atoms with E-state index in [2.05, 4.69) is 0 Å². The van der Waals surface area contributed by atoms with Crippen LogP contribution in [0.3, 0.4) is 0 Å². The van der Waals surface area contributed by atoms with E-state index in [4.69, 9.17) is 5.73 Å². The van der Waals surface area contributed by atoms with Crippen molar-refractivity contribution in [1.82, 2.24) is 4.90 Å². The summed E-state index contributed by atoms with van der Waals surface area (Å²) in [5.41, 5.74) is 1.91. The number of Topliss-reactive ketones (excluding diaryl/α,β-unsaturated/α-hetero) is 4. The highest BCUT2D eigenvalue weighted by Gasteiger charge is 2.72. The lowest BCUT2D eigenvalue weighted by molar-refractivity contribution is -0.480. The molecule has 222 valence electrons. The molecule has 2 fully saturated rings. The fraction of sp³-hybridized carbons (Fsp3) is 0.607. The SMILES string of the molecule is C[C@H]1c2ccc(C(C)(C)CCC[N+](=O)[O-])c(O)c2C(=O)C2C(=O)[C@]3(O)C(=O)C(C(N)=O)C(=O)[C@@H](N(C)C)[C@@H]3[C@@H](O)[C@@H]21. The number of primary amides is 1. The van der Waals surface area contributed by atoms with Gasteiger partial charge in [0, 0.05) is 22.8 Å². The normalized spacial score (nSPS) is 33.3. The molecule has 1 aromatic rings. The Bertz CT molecular complexity index is 1370. The maximum Gasteiger partial charge on any atom is 0.235 e. The van der Waals surface area contributed by atoms with Crippen LogP contribution in [0.15, 0.2) is 12.1 Å². The van der Waals surface area contributed by atoms with Crippen molar-refractivity contribution in [3.8, 4) is 5.75 Å². The molecule has 13 nitrogen and oxygen atoms in total. The highest BCUT2D eigenvalue weighted by molar-refractivity contribution is 6.32. The van der Waals surface area contributed by atoms with Gasteiger partial charge in [0.05, 0.1) is 29.5 Å². The number of aliphatic hydroxyl groups excluding tert-OH is 1. The van der Waals surface area contributed by atoms with Gasteiger partial charge in [0.2, 0.25) is 12.5 Å². The van der Waals surface area contributed by atoms with E-state index in [1.165, 1.54) is 19.0 Å². The number of benzene rings is 1. The number of amides is 1. The number of nitrogens with two attached hydrogens (primary N) is 1. The zero-order chi connectivity index (χ0) is 30.9. The van der Waals surface area contributed by atoms with Crippen LogP contribution in [0.4, 0.5) is 0 Å². The zero-order valence-corrected chi connectivity index (χ0v) is 23.5. The second-order valence-electron chi connectivity index (χ2n) is 12.3. The molecule has 0 heterocycles. The van der Waals surface area contributed by atoms with Gasteiger partial charge in [-0.3, -0.25) is 39.0 Å². The van der Waals surface area contributed by atoms with Crippen molar-refractivity contribution in [1.29, 1.82) is 0 Å². The number of likely N-dealkylation sites (N-methyl/N-ethyl adjacent to an activating group) is 1. The smallest absolute Gasteiger partial charge is 0.235 e. The third-order valence-corrected chi connectivity index (χ3v) is 9.36. The summed E-state index contributed by atoms with van der Waals surface area (Å²) >= 11 is 0. The van der Waals surface area contributed by atoms with Crippen molar-refractivity contribution in [3.63, 3.8) is 0 Å². The van der Waals surface area contributed by atoms with Gasteiger partial charge in [0.15, 0.2) is 34.7 Å². The quantitative estimate of drug-likeness (QED) is 0.189. The minimum atomic E-state index is -3.06. The van der Waals surface area contributed by atoms with Gasteiger partial charge in [-0.15, -0.1) is 0 Å². The predicted octanol–water partition coefficient (Wildman–Crippen LogP) is -0.267. The fourth-order valence-electron chi connectivity index (χ4n) is 7.32. The number of fused-ring (bicyclic) bond motifs is 3. The van der Waals surface area contributed by atoms with Gasteiger partial charge in [-0.25, -0.2) is 0 Å². The van der Waals surface area contributed by atoms with Gasteiger partial charge in [0.25, 0.3) is 0 Å². The lowest BCUT2D eigenvalue weighted by atomic mass is 9.49. The lowest BCUT2D eigenvalue weighted by Gasteiger charge is -2.56. The second kappa shape index (κ2) is 10.1. The number of phenols is 1. The van der Waals surface area contributed by atoms with Crippen LogP contribution >= 0.6 is 0 Å². The van der Waals surface area contributed by atoms with Crippen LogP contribution in [0.1, 0.15) is 61.0 Å². The first-order valence-corrected chi connectivity index (χ1v) is 13.4. The number of aliphatic hydroxyl groups is 2. The first kappa shape index (κ1) is 30.4. The number of ketones is 4. The van der Waals surface area contributed by atoms with Crippen molar-refractivity contribution in [2.24, 2.45) is 29.4 Å². The van der Waals surface area contributed by atoms with E-state index in [9.17, 15) is 49.4 Å². The van der Waals surface area contributed by atoms with Crippen LogP contribution in [0, 0.1) is 33.8 Å². The Morgan fingerprint density at radius 3 is 2.32 bits per heavy atom. The first-order chi connectivity index (χ1) is 18.9. The monoisotopic (exact) mass is 573 g/mol. The van der Waals surface area contributed by atoms with Crippen LogP contribution in [0.25, 0.3) is 0 Å². The number of phenolic OH excluding ortho intramolecular Hbond substituents is 1. The summed E-state index contributed by atoms with van der Waals surface area (Å²) in [6.07, 6.45) is -1.19. The molecule has 0 spiro atoms. The lowest BCUT2D eigenvalue weighted by Crippen LogP contribution is -2.77. The number of carbonyl (C=O) groups is 5. The number of hydrogen-bond donors (Lipinski definition) is 4. The van der Waals surface area contributed by atoms with Crippen molar-refractivity contribution in [2.45, 2.75) is 62.7 Å². The van der Waals surface area contributed by atoms with E-state index in [-0.39, 0.29) is 18.5 Å². The van der Waals surface area contributed by atoms with E-state index < -0.39 is 92.5 Å². The summed E-state index contributed by atoms with van der Waals surface area (Å²) in [5.74, 6) is -13.9. The highest BCUT2D eigenvalue weighted by Crippen LogP contribution is 2.55. The summed E-state index contributed by atoms with van der Waals surface area (Å²) < 4.78 is 0. The molecule has 13 heteroatoms. The van der Waals surface area contributed by atoms with Crippen LogP contribution in [-0.2, 0) is 24.6 Å². The van der Waals surface area contributed by atoms with Crippen molar-refractivity contribution in [2.75, 3.05) is 20.6 Å². The summed E-state index contributed by atoms with van der Waals surface area (Å²) in [5, 5.41) is 45.5. The highest BCUT2D eigenvalue weighted by atomic mass is 16.6. The van der Waals surface area contributed by atoms with E-state index in [0.717, 1.165) is 0 Å². The molecule has 41 heavy (non-hydrogen) atoms. The van der Waals surface area contributed by atoms with Crippen molar-refractivity contribution < 1.29 is 44.2 Å². The largest absolute Gasteiger partial charge is 0.507 e. The molecule has 0 aliphatic heterocycles. The topological polar surface area (TPSA) is 218 Å². The summed E-state index contributed by atoms with van der Waals surface area (Å²) in [4.78, 5) is 78.5. The summed E-state index contributed by atoms with van der Waals surface area (Å²) in [7, 11) is 2.86. The number of hydrogen-bond acceptors (Lipinski definition) is 11. The molecule has 2 unspecified atom stereocenters. The Hall–Kier alpha value is -3.55. The molecule has 0 radical (unpaired) electrons. The minimum Gasteiger partial charge on any atom is -0.507 e. The maximum atomic E-state index is 14.0. The predicted molar refractivity (Wildman–Crippen MR) is 142 cm³/mol. The average Bonchev–Trinajstić information content (AvgIpc) is 2.85. The third-order valence-electron chi connectivity index (χ3n) is 9.36. The fourth-order valence-corrected chi connectivity index (χ4v) is 7.32. The molecule has 1 aromatic carbocycles. The average molecular weight is 574 g/mol. The van der Waals surface area contributed by atoms with Gasteiger partial charge < -0.3 is 21.1 Å². The standard InChI is InChI=1S/C28H35N3O10/c1-11-12-7-8-13(27(2,3)9-6-10-31(40)41)20(32)15(12)21(33)16-14(11)22(34)18-19(30(4)5)23(35)17(26(29)38)25(37)28(18,39)24(16)36/h7-8,11,14,16-19,22,32,34,39H,6,9-10H2,1-5H3,(H2,29,38)/t11-,14+,16?,17?,18+,19-,22-,28-/m0/s1. The maximum absolute atomic E-state index is 14.0. The number of rotatable bonds is 7. The summed E-state index contributed by atoms with van der Waals surface area (Å²) in [6, 6.07) is 1.76. The van der Waals surface area contributed by atoms with Gasteiger partial charge in [0.1, 0.15) is 5.75 Å². The Kier molecular flexibility index (Phi) is 7.47. The number of nitro groups is 1. The van der Waals surface area contributed by atoms with E-state index in [0.29, 0.717) is 17.5 Å². The molecule has 8 atom stereocenters. The molecule has 0 bridgehead atoms. The summed E-state index contributed by atoms with van der Waals surface area (Å²) in [6.45, 7) is 4.85. The molecule has 3 aliphatic carbocycles.